The van der Waals surface area contributed by atoms with Crippen LogP contribution >= 0.6 is 0 Å². The van der Waals surface area contributed by atoms with E-state index < -0.39 is 17.6 Å². The van der Waals surface area contributed by atoms with Gasteiger partial charge in [-0.15, -0.1) is 0 Å². The number of aryl methyl sites for hydroxylation is 1. The van der Waals surface area contributed by atoms with Gasteiger partial charge in [0.15, 0.2) is 0 Å². The lowest BCUT2D eigenvalue weighted by molar-refractivity contribution is -0.137. The standard InChI is InChI=1S/C20H28N4O3/c1-14(24-18(26)20(2,3)22-19(24)27)17(25)21-11-7-13-23-12-6-9-15-8-4-5-10-16(15)23/h4-5,8,10,14H,6-7,9,11-13H2,1-3H3,(H,21,25)(H,22,27). The molecule has 1 aromatic carbocycles. The molecule has 2 aliphatic heterocycles. The highest BCUT2D eigenvalue weighted by Gasteiger charge is 2.47. The third-order valence-corrected chi connectivity index (χ3v) is 5.27. The maximum absolute atomic E-state index is 12.4. The maximum atomic E-state index is 12.4. The highest BCUT2D eigenvalue weighted by atomic mass is 16.2. The van der Waals surface area contributed by atoms with Gasteiger partial charge in [-0.25, -0.2) is 9.69 Å². The monoisotopic (exact) mass is 372 g/mol. The molecule has 0 aromatic heterocycles. The smallest absolute Gasteiger partial charge is 0.325 e. The number of anilines is 1. The highest BCUT2D eigenvalue weighted by molar-refractivity contribution is 6.09. The number of hydrogen-bond donors (Lipinski definition) is 2. The number of nitrogens with zero attached hydrogens (tertiary/aromatic N) is 2. The minimum Gasteiger partial charge on any atom is -0.371 e. The number of para-hydroxylation sites is 1. The summed E-state index contributed by atoms with van der Waals surface area (Å²) in [6.45, 7) is 7.24. The van der Waals surface area contributed by atoms with Crippen LogP contribution in [0.5, 0.6) is 0 Å². The molecule has 2 N–H and O–H groups in total. The maximum Gasteiger partial charge on any atom is 0.325 e. The summed E-state index contributed by atoms with van der Waals surface area (Å²) in [5.74, 6) is -0.685. The van der Waals surface area contributed by atoms with E-state index in [1.807, 2.05) is 0 Å². The van der Waals surface area contributed by atoms with Gasteiger partial charge in [0.05, 0.1) is 0 Å². The van der Waals surface area contributed by atoms with Crippen molar-refractivity contribution in [1.82, 2.24) is 15.5 Å². The van der Waals surface area contributed by atoms with Gasteiger partial charge < -0.3 is 15.5 Å². The Bertz CT molecular complexity index is 746. The molecule has 1 saturated heterocycles. The van der Waals surface area contributed by atoms with Crippen molar-refractivity contribution >= 4 is 23.5 Å². The zero-order valence-corrected chi connectivity index (χ0v) is 16.2. The van der Waals surface area contributed by atoms with Gasteiger partial charge in [-0.05, 0) is 51.7 Å². The molecule has 7 nitrogen and oxygen atoms in total. The van der Waals surface area contributed by atoms with Crippen LogP contribution in [0.3, 0.4) is 0 Å². The van der Waals surface area contributed by atoms with Crippen LogP contribution in [0.1, 0.15) is 39.2 Å². The summed E-state index contributed by atoms with van der Waals surface area (Å²) in [6, 6.07) is 7.10. The first-order valence-electron chi connectivity index (χ1n) is 9.57. The van der Waals surface area contributed by atoms with Crippen molar-refractivity contribution in [2.24, 2.45) is 0 Å². The summed E-state index contributed by atoms with van der Waals surface area (Å²) >= 11 is 0. The molecule has 3 rings (SSSR count). The summed E-state index contributed by atoms with van der Waals surface area (Å²) in [6.07, 6.45) is 3.06. The Morgan fingerprint density at radius 2 is 2.04 bits per heavy atom. The number of carbonyl (C=O) groups excluding carboxylic acids is 3. The molecule has 27 heavy (non-hydrogen) atoms. The van der Waals surface area contributed by atoms with E-state index in [-0.39, 0.29) is 11.8 Å². The van der Waals surface area contributed by atoms with E-state index in [0.717, 1.165) is 37.3 Å². The van der Waals surface area contributed by atoms with Crippen LogP contribution in [0, 0.1) is 0 Å². The topological polar surface area (TPSA) is 81.8 Å². The Labute approximate surface area is 160 Å². The van der Waals surface area contributed by atoms with Gasteiger partial charge >= 0.3 is 6.03 Å². The third kappa shape index (κ3) is 3.91. The molecular weight excluding hydrogens is 344 g/mol. The van der Waals surface area contributed by atoms with Crippen molar-refractivity contribution in [1.29, 1.82) is 0 Å². The van der Waals surface area contributed by atoms with Crippen LogP contribution in [0.25, 0.3) is 0 Å². The molecule has 0 spiro atoms. The Kier molecular flexibility index (Phi) is 5.39. The van der Waals surface area contributed by atoms with Gasteiger partial charge in [-0.2, -0.15) is 0 Å². The fraction of sp³-hybridized carbons (Fsp3) is 0.550. The molecular formula is C20H28N4O3. The average molecular weight is 372 g/mol. The minimum absolute atomic E-state index is 0.310. The lowest BCUT2D eigenvalue weighted by atomic mass is 10.0. The lowest BCUT2D eigenvalue weighted by Gasteiger charge is -2.31. The predicted octanol–water partition coefficient (Wildman–Crippen LogP) is 1.66. The predicted molar refractivity (Wildman–Crippen MR) is 104 cm³/mol. The van der Waals surface area contributed by atoms with E-state index in [1.165, 1.54) is 11.3 Å². The SMILES string of the molecule is CC(C(=O)NCCCN1CCCc2ccccc21)N1C(=O)NC(C)(C)C1=O. The molecule has 1 atom stereocenters. The van der Waals surface area contributed by atoms with Gasteiger partial charge in [0.25, 0.3) is 5.91 Å². The van der Waals surface area contributed by atoms with E-state index in [2.05, 4.69) is 39.8 Å². The van der Waals surface area contributed by atoms with Crippen molar-refractivity contribution in [2.75, 3.05) is 24.5 Å². The van der Waals surface area contributed by atoms with Crippen LogP contribution < -0.4 is 15.5 Å². The van der Waals surface area contributed by atoms with Gasteiger partial charge in [-0.3, -0.25) is 9.59 Å². The third-order valence-electron chi connectivity index (χ3n) is 5.27. The lowest BCUT2D eigenvalue weighted by Crippen LogP contribution is -2.49. The number of amides is 4. The highest BCUT2D eigenvalue weighted by Crippen LogP contribution is 2.26. The Balaban J connectivity index is 1.48. The zero-order chi connectivity index (χ0) is 19.6. The summed E-state index contributed by atoms with van der Waals surface area (Å²) in [4.78, 5) is 40.0. The molecule has 146 valence electrons. The number of hydrogen-bond acceptors (Lipinski definition) is 4. The van der Waals surface area contributed by atoms with E-state index >= 15 is 0 Å². The number of fused-ring (bicyclic) bond motifs is 1. The average Bonchev–Trinajstić information content (AvgIpc) is 2.85. The molecule has 0 saturated carbocycles. The first-order chi connectivity index (χ1) is 12.8. The molecule has 2 aliphatic rings. The van der Waals surface area contributed by atoms with Crippen molar-refractivity contribution in [2.45, 2.75) is 51.6 Å². The molecule has 0 bridgehead atoms. The van der Waals surface area contributed by atoms with Crippen molar-refractivity contribution in [3.8, 4) is 0 Å². The molecule has 2 heterocycles. The number of nitrogens with one attached hydrogen (secondary N) is 2. The quantitative estimate of drug-likeness (QED) is 0.588. The van der Waals surface area contributed by atoms with Crippen molar-refractivity contribution < 1.29 is 14.4 Å². The second-order valence-corrected chi connectivity index (χ2v) is 7.77. The first-order valence-corrected chi connectivity index (χ1v) is 9.57. The van der Waals surface area contributed by atoms with Gasteiger partial charge in [0, 0.05) is 25.3 Å². The van der Waals surface area contributed by atoms with Crippen molar-refractivity contribution in [3.05, 3.63) is 29.8 Å². The summed E-state index contributed by atoms with van der Waals surface area (Å²) in [5.41, 5.74) is 1.69. The number of urea groups is 1. The molecule has 0 radical (unpaired) electrons. The molecule has 0 aliphatic carbocycles. The van der Waals surface area contributed by atoms with E-state index in [9.17, 15) is 14.4 Å². The van der Waals surface area contributed by atoms with Gasteiger partial charge in [0.1, 0.15) is 11.6 Å². The van der Waals surface area contributed by atoms with Crippen LogP contribution in [-0.2, 0) is 16.0 Å². The molecule has 7 heteroatoms. The molecule has 1 unspecified atom stereocenters. The molecule has 1 fully saturated rings. The number of carbonyl (C=O) groups is 3. The van der Waals surface area contributed by atoms with Crippen LogP contribution in [0.15, 0.2) is 24.3 Å². The Hall–Kier alpha value is -2.57. The fourth-order valence-corrected chi connectivity index (χ4v) is 3.72. The van der Waals surface area contributed by atoms with Gasteiger partial charge in [0.2, 0.25) is 5.91 Å². The second kappa shape index (κ2) is 7.58. The number of imide groups is 1. The number of benzene rings is 1. The molecule has 4 amide bonds. The normalized spacial score (nSPS) is 19.5. The van der Waals surface area contributed by atoms with Crippen molar-refractivity contribution in [3.63, 3.8) is 0 Å². The fourth-order valence-electron chi connectivity index (χ4n) is 3.72. The van der Waals surface area contributed by atoms with Crippen LogP contribution in [-0.4, -0.2) is 54.0 Å². The van der Waals surface area contributed by atoms with E-state index in [1.54, 1.807) is 20.8 Å². The molecule has 1 aromatic rings. The second-order valence-electron chi connectivity index (χ2n) is 7.77. The van der Waals surface area contributed by atoms with Crippen LogP contribution in [0.2, 0.25) is 0 Å². The number of rotatable bonds is 6. The van der Waals surface area contributed by atoms with Gasteiger partial charge in [-0.1, -0.05) is 18.2 Å². The summed E-state index contributed by atoms with van der Waals surface area (Å²) in [7, 11) is 0. The minimum atomic E-state index is -0.965. The van der Waals surface area contributed by atoms with Crippen LogP contribution in [0.4, 0.5) is 10.5 Å². The first kappa shape index (κ1) is 19.2. The van der Waals surface area contributed by atoms with E-state index in [4.69, 9.17) is 0 Å². The Morgan fingerprint density at radius 1 is 1.30 bits per heavy atom. The largest absolute Gasteiger partial charge is 0.371 e. The summed E-state index contributed by atoms with van der Waals surface area (Å²) < 4.78 is 0. The van der Waals surface area contributed by atoms with E-state index in [0.29, 0.717) is 6.54 Å². The zero-order valence-electron chi connectivity index (χ0n) is 16.2. The Morgan fingerprint density at radius 3 is 2.74 bits per heavy atom. The summed E-state index contributed by atoms with van der Waals surface area (Å²) in [5, 5.41) is 5.45.